The number of carbonyl (C=O) groups is 1. The van der Waals surface area contributed by atoms with Crippen molar-refractivity contribution in [2.45, 2.75) is 43.1 Å². The first-order valence-corrected chi connectivity index (χ1v) is 12.3. The lowest BCUT2D eigenvalue weighted by Crippen LogP contribution is -2.30. The van der Waals surface area contributed by atoms with Crippen LogP contribution in [0.5, 0.6) is 5.75 Å². The van der Waals surface area contributed by atoms with Crippen LogP contribution in [0.25, 0.3) is 5.69 Å². The van der Waals surface area contributed by atoms with Crippen molar-refractivity contribution < 1.29 is 9.53 Å². The second-order valence-electron chi connectivity index (χ2n) is 8.01. The normalized spacial score (nSPS) is 15.2. The third kappa shape index (κ3) is 5.88. The van der Waals surface area contributed by atoms with Gasteiger partial charge in [0.05, 0.1) is 23.9 Å². The maximum atomic E-state index is 12.9. The van der Waals surface area contributed by atoms with Crippen molar-refractivity contribution in [2.75, 3.05) is 25.5 Å². The van der Waals surface area contributed by atoms with Crippen LogP contribution < -0.4 is 10.1 Å². The SMILES string of the molecule is COc1ccc(NC(=O)C(C)Sc2nnc(CN3CCCCC3)n2-c2ccccc2)cc1Cl. The Hall–Kier alpha value is -2.55. The molecule has 0 bridgehead atoms. The van der Waals surface area contributed by atoms with E-state index in [4.69, 9.17) is 16.3 Å². The molecule has 2 heterocycles. The Balaban J connectivity index is 1.51. The summed E-state index contributed by atoms with van der Waals surface area (Å²) in [5.74, 6) is 1.32. The molecule has 1 unspecified atom stereocenters. The standard InChI is InChI=1S/C24H28ClN5O2S/c1-17(23(31)26-18-11-12-21(32-2)20(25)15-18)33-24-28-27-22(16-29-13-7-4-8-14-29)30(24)19-9-5-3-6-10-19/h3,5-6,9-12,15,17H,4,7-8,13-14,16H2,1-2H3,(H,26,31). The summed E-state index contributed by atoms with van der Waals surface area (Å²) in [5, 5.41) is 12.6. The lowest BCUT2D eigenvalue weighted by molar-refractivity contribution is -0.115. The van der Waals surface area contributed by atoms with Gasteiger partial charge in [-0.15, -0.1) is 10.2 Å². The Kier molecular flexibility index (Phi) is 7.90. The van der Waals surface area contributed by atoms with Gasteiger partial charge in [-0.25, -0.2) is 0 Å². The minimum atomic E-state index is -0.389. The van der Waals surface area contributed by atoms with E-state index in [1.165, 1.54) is 31.0 Å². The van der Waals surface area contributed by atoms with Crippen molar-refractivity contribution in [2.24, 2.45) is 0 Å². The van der Waals surface area contributed by atoms with Gasteiger partial charge in [-0.2, -0.15) is 0 Å². The van der Waals surface area contributed by atoms with E-state index in [0.29, 0.717) is 21.6 Å². The van der Waals surface area contributed by atoms with Crippen LogP contribution >= 0.6 is 23.4 Å². The number of carbonyl (C=O) groups excluding carboxylic acids is 1. The molecule has 0 radical (unpaired) electrons. The lowest BCUT2D eigenvalue weighted by Gasteiger charge is -2.26. The Morgan fingerprint density at radius 3 is 2.61 bits per heavy atom. The van der Waals surface area contributed by atoms with Gasteiger partial charge in [0.15, 0.2) is 11.0 Å². The predicted molar refractivity (Wildman–Crippen MR) is 132 cm³/mol. The Morgan fingerprint density at radius 1 is 1.15 bits per heavy atom. The predicted octanol–water partition coefficient (Wildman–Crippen LogP) is 5.03. The molecule has 1 amide bonds. The summed E-state index contributed by atoms with van der Waals surface area (Å²) in [5.41, 5.74) is 1.61. The molecule has 7 nitrogen and oxygen atoms in total. The van der Waals surface area contributed by atoms with E-state index in [1.54, 1.807) is 25.3 Å². The summed E-state index contributed by atoms with van der Waals surface area (Å²) < 4.78 is 7.24. The highest BCUT2D eigenvalue weighted by Gasteiger charge is 2.23. The highest BCUT2D eigenvalue weighted by atomic mass is 35.5. The minimum absolute atomic E-state index is 0.138. The average Bonchev–Trinajstić information content (AvgIpc) is 3.22. The van der Waals surface area contributed by atoms with Crippen molar-refractivity contribution in [3.05, 3.63) is 59.4 Å². The monoisotopic (exact) mass is 485 g/mol. The molecule has 4 rings (SSSR count). The van der Waals surface area contributed by atoms with Gasteiger partial charge in [0.25, 0.3) is 0 Å². The van der Waals surface area contributed by atoms with Crippen molar-refractivity contribution >= 4 is 35.0 Å². The number of hydrogen-bond donors (Lipinski definition) is 1. The number of benzene rings is 2. The summed E-state index contributed by atoms with van der Waals surface area (Å²) in [6.45, 7) is 4.76. The minimum Gasteiger partial charge on any atom is -0.495 e. The first-order chi connectivity index (χ1) is 16.0. The third-order valence-corrected chi connectivity index (χ3v) is 6.94. The number of nitrogens with zero attached hydrogens (tertiary/aromatic N) is 4. The van der Waals surface area contributed by atoms with Gasteiger partial charge in [0.1, 0.15) is 5.75 Å². The fourth-order valence-electron chi connectivity index (χ4n) is 3.83. The number of aromatic nitrogens is 3. The maximum absolute atomic E-state index is 12.9. The van der Waals surface area contributed by atoms with E-state index in [0.717, 1.165) is 31.1 Å². The average molecular weight is 486 g/mol. The number of methoxy groups -OCH3 is 1. The smallest absolute Gasteiger partial charge is 0.237 e. The van der Waals surface area contributed by atoms with Crippen LogP contribution in [-0.2, 0) is 11.3 Å². The number of halogens is 1. The molecule has 1 atom stereocenters. The Bertz CT molecular complexity index is 1090. The molecule has 33 heavy (non-hydrogen) atoms. The van der Waals surface area contributed by atoms with Crippen LogP contribution in [0.3, 0.4) is 0 Å². The zero-order chi connectivity index (χ0) is 23.2. The lowest BCUT2D eigenvalue weighted by atomic mass is 10.1. The Morgan fingerprint density at radius 2 is 1.91 bits per heavy atom. The number of rotatable bonds is 8. The van der Waals surface area contributed by atoms with Crippen LogP contribution in [0.4, 0.5) is 5.69 Å². The third-order valence-electron chi connectivity index (χ3n) is 5.60. The van der Waals surface area contributed by atoms with Crippen molar-refractivity contribution in [1.82, 2.24) is 19.7 Å². The van der Waals surface area contributed by atoms with Crippen LogP contribution in [-0.4, -0.2) is 51.0 Å². The van der Waals surface area contributed by atoms with E-state index >= 15 is 0 Å². The largest absolute Gasteiger partial charge is 0.495 e. The highest BCUT2D eigenvalue weighted by molar-refractivity contribution is 8.00. The van der Waals surface area contributed by atoms with Gasteiger partial charge >= 0.3 is 0 Å². The molecule has 9 heteroatoms. The van der Waals surface area contributed by atoms with E-state index in [9.17, 15) is 4.79 Å². The van der Waals surface area contributed by atoms with Gasteiger partial charge in [0.2, 0.25) is 5.91 Å². The van der Waals surface area contributed by atoms with Crippen molar-refractivity contribution in [3.63, 3.8) is 0 Å². The number of anilines is 1. The number of amides is 1. The van der Waals surface area contributed by atoms with Gasteiger partial charge in [0, 0.05) is 11.4 Å². The van der Waals surface area contributed by atoms with Crippen LogP contribution in [0.2, 0.25) is 5.02 Å². The molecule has 1 aliphatic rings. The van der Waals surface area contributed by atoms with Gasteiger partial charge in [-0.05, 0) is 63.2 Å². The van der Waals surface area contributed by atoms with Crippen molar-refractivity contribution in [3.8, 4) is 11.4 Å². The molecule has 2 aromatic carbocycles. The number of ether oxygens (including phenoxy) is 1. The zero-order valence-corrected chi connectivity index (χ0v) is 20.4. The summed E-state index contributed by atoms with van der Waals surface area (Å²) in [4.78, 5) is 15.3. The molecule has 0 saturated carbocycles. The zero-order valence-electron chi connectivity index (χ0n) is 18.8. The maximum Gasteiger partial charge on any atom is 0.237 e. The second-order valence-corrected chi connectivity index (χ2v) is 9.72. The van der Waals surface area contributed by atoms with Crippen molar-refractivity contribution in [1.29, 1.82) is 0 Å². The number of thioether (sulfide) groups is 1. The second kappa shape index (κ2) is 11.0. The number of nitrogens with one attached hydrogen (secondary N) is 1. The fraction of sp³-hybridized carbons (Fsp3) is 0.375. The molecule has 0 spiro atoms. The van der Waals surface area contributed by atoms with Gasteiger partial charge in [-0.3, -0.25) is 14.3 Å². The topological polar surface area (TPSA) is 72.3 Å². The molecule has 174 valence electrons. The molecule has 0 aliphatic carbocycles. The van der Waals surface area contributed by atoms with Crippen LogP contribution in [0.15, 0.2) is 53.7 Å². The first-order valence-electron chi connectivity index (χ1n) is 11.1. The van der Waals surface area contributed by atoms with E-state index in [1.807, 2.05) is 37.3 Å². The van der Waals surface area contributed by atoms with E-state index in [-0.39, 0.29) is 11.2 Å². The summed E-state index contributed by atoms with van der Waals surface area (Å²) in [7, 11) is 1.56. The molecule has 1 N–H and O–H groups in total. The number of para-hydroxylation sites is 1. The van der Waals surface area contributed by atoms with Crippen LogP contribution in [0, 0.1) is 0 Å². The number of likely N-dealkylation sites (tertiary alicyclic amines) is 1. The summed E-state index contributed by atoms with van der Waals surface area (Å²) >= 11 is 7.57. The first kappa shape index (κ1) is 23.6. The highest BCUT2D eigenvalue weighted by Crippen LogP contribution is 2.30. The molecule has 3 aromatic rings. The van der Waals surface area contributed by atoms with E-state index < -0.39 is 0 Å². The summed E-state index contributed by atoms with van der Waals surface area (Å²) in [6.07, 6.45) is 3.72. The fourth-order valence-corrected chi connectivity index (χ4v) is 4.98. The van der Waals surface area contributed by atoms with Crippen LogP contribution in [0.1, 0.15) is 32.0 Å². The molecule has 1 aliphatic heterocycles. The number of hydrogen-bond acceptors (Lipinski definition) is 6. The molecule has 1 aromatic heterocycles. The summed E-state index contributed by atoms with van der Waals surface area (Å²) in [6, 6.07) is 15.2. The number of piperidine rings is 1. The molecule has 1 fully saturated rings. The molecular weight excluding hydrogens is 458 g/mol. The van der Waals surface area contributed by atoms with Gasteiger partial charge in [-0.1, -0.05) is 48.0 Å². The van der Waals surface area contributed by atoms with E-state index in [2.05, 4.69) is 25.0 Å². The Labute approximate surface area is 203 Å². The molecule has 1 saturated heterocycles. The van der Waals surface area contributed by atoms with Gasteiger partial charge < -0.3 is 10.1 Å². The molecular formula is C24H28ClN5O2S. The quantitative estimate of drug-likeness (QED) is 0.451.